The quantitative estimate of drug-likeness (QED) is 0.284. The normalized spacial score (nSPS) is 16.1. The van der Waals surface area contributed by atoms with Crippen molar-refractivity contribution < 1.29 is 9.47 Å². The highest BCUT2D eigenvalue weighted by Crippen LogP contribution is 2.16. The highest BCUT2D eigenvalue weighted by molar-refractivity contribution is 4.56. The van der Waals surface area contributed by atoms with Crippen LogP contribution in [0.1, 0.15) is 98.8 Å². The van der Waals surface area contributed by atoms with Gasteiger partial charge < -0.3 is 9.47 Å². The fourth-order valence-corrected chi connectivity index (χ4v) is 2.15. The maximum absolute atomic E-state index is 5.99. The molecule has 0 saturated carbocycles. The fraction of sp³-hybridized carbons (Fsp3) is 1.00. The van der Waals surface area contributed by atoms with Crippen LogP contribution in [0.4, 0.5) is 0 Å². The molecule has 2 nitrogen and oxygen atoms in total. The molecule has 0 N–H and O–H groups in total. The van der Waals surface area contributed by atoms with E-state index < -0.39 is 0 Å². The van der Waals surface area contributed by atoms with Crippen LogP contribution in [0, 0.1) is 0 Å². The van der Waals surface area contributed by atoms with E-state index in [0.29, 0.717) is 12.2 Å². The van der Waals surface area contributed by atoms with Gasteiger partial charge in [-0.2, -0.15) is 0 Å². The first-order valence-corrected chi connectivity index (χ1v) is 8.94. The molecule has 2 heteroatoms. The van der Waals surface area contributed by atoms with Crippen molar-refractivity contribution in [1.82, 2.24) is 0 Å². The second-order valence-corrected chi connectivity index (χ2v) is 6.05. The summed E-state index contributed by atoms with van der Waals surface area (Å²) < 4.78 is 12.0. The van der Waals surface area contributed by atoms with E-state index in [1.54, 1.807) is 0 Å². The maximum atomic E-state index is 5.99. The molecule has 122 valence electrons. The summed E-state index contributed by atoms with van der Waals surface area (Å²) >= 11 is 0. The van der Waals surface area contributed by atoms with Gasteiger partial charge in [0.2, 0.25) is 0 Å². The molecule has 0 aliphatic rings. The number of ether oxygens (including phenoxy) is 2. The molecule has 2 unspecified atom stereocenters. The van der Waals surface area contributed by atoms with E-state index >= 15 is 0 Å². The highest BCUT2D eigenvalue weighted by atomic mass is 16.7. The van der Waals surface area contributed by atoms with Gasteiger partial charge in [0, 0.05) is 0 Å². The van der Waals surface area contributed by atoms with Crippen LogP contribution in [0.2, 0.25) is 0 Å². The standard InChI is InChI=1S/C18H38O2/c1-6-9-10-11-12-13-14-15-18(19-16(4)7-2)20-17(5)8-3/h16-18H,6-15H2,1-5H3. The molecule has 0 spiro atoms. The summed E-state index contributed by atoms with van der Waals surface area (Å²) in [5.41, 5.74) is 0. The van der Waals surface area contributed by atoms with Gasteiger partial charge in [-0.1, -0.05) is 59.3 Å². The molecular formula is C18H38O2. The molecule has 0 bridgehead atoms. The van der Waals surface area contributed by atoms with Crippen LogP contribution in [0.15, 0.2) is 0 Å². The molecule has 20 heavy (non-hydrogen) atoms. The Kier molecular flexibility index (Phi) is 13.8. The molecule has 0 aromatic carbocycles. The molecule has 0 aliphatic carbocycles. The van der Waals surface area contributed by atoms with Gasteiger partial charge in [0.15, 0.2) is 6.29 Å². The molecule has 0 saturated heterocycles. The van der Waals surface area contributed by atoms with Gasteiger partial charge in [0.25, 0.3) is 0 Å². The van der Waals surface area contributed by atoms with Gasteiger partial charge >= 0.3 is 0 Å². The van der Waals surface area contributed by atoms with Crippen LogP contribution in [0.25, 0.3) is 0 Å². The van der Waals surface area contributed by atoms with Gasteiger partial charge in [-0.05, 0) is 39.5 Å². The third kappa shape index (κ3) is 11.7. The van der Waals surface area contributed by atoms with E-state index in [9.17, 15) is 0 Å². The second-order valence-electron chi connectivity index (χ2n) is 6.05. The van der Waals surface area contributed by atoms with Gasteiger partial charge in [-0.25, -0.2) is 0 Å². The van der Waals surface area contributed by atoms with Crippen LogP contribution in [0.5, 0.6) is 0 Å². The Hall–Kier alpha value is -0.0800. The summed E-state index contributed by atoms with van der Waals surface area (Å²) in [5.74, 6) is 0. The Labute approximate surface area is 127 Å². The van der Waals surface area contributed by atoms with Crippen molar-refractivity contribution >= 4 is 0 Å². The van der Waals surface area contributed by atoms with Gasteiger partial charge in [-0.15, -0.1) is 0 Å². The first-order valence-electron chi connectivity index (χ1n) is 8.94. The maximum Gasteiger partial charge on any atom is 0.158 e. The van der Waals surface area contributed by atoms with E-state index in [1.807, 2.05) is 0 Å². The predicted molar refractivity (Wildman–Crippen MR) is 88.1 cm³/mol. The zero-order chi connectivity index (χ0) is 15.2. The molecule has 0 amide bonds. The van der Waals surface area contributed by atoms with Crippen molar-refractivity contribution in [3.63, 3.8) is 0 Å². The highest BCUT2D eigenvalue weighted by Gasteiger charge is 2.15. The van der Waals surface area contributed by atoms with Crippen molar-refractivity contribution in [2.75, 3.05) is 0 Å². The van der Waals surface area contributed by atoms with Crippen LogP contribution >= 0.6 is 0 Å². The lowest BCUT2D eigenvalue weighted by Gasteiger charge is -2.25. The minimum atomic E-state index is -0.00413. The van der Waals surface area contributed by atoms with Crippen molar-refractivity contribution in [3.8, 4) is 0 Å². The smallest absolute Gasteiger partial charge is 0.158 e. The van der Waals surface area contributed by atoms with Crippen molar-refractivity contribution in [3.05, 3.63) is 0 Å². The van der Waals surface area contributed by atoms with Gasteiger partial charge in [0.05, 0.1) is 12.2 Å². The molecule has 0 rings (SSSR count). The van der Waals surface area contributed by atoms with Gasteiger partial charge in [-0.3, -0.25) is 0 Å². The summed E-state index contributed by atoms with van der Waals surface area (Å²) in [6, 6.07) is 0. The lowest BCUT2D eigenvalue weighted by molar-refractivity contribution is -0.191. The monoisotopic (exact) mass is 286 g/mol. The Morgan fingerprint density at radius 2 is 1.10 bits per heavy atom. The number of rotatable bonds is 14. The number of hydrogen-bond donors (Lipinski definition) is 0. The average molecular weight is 287 g/mol. The molecule has 0 aliphatic heterocycles. The second kappa shape index (κ2) is 13.9. The van der Waals surface area contributed by atoms with Crippen LogP contribution < -0.4 is 0 Å². The van der Waals surface area contributed by atoms with Crippen molar-refractivity contribution in [1.29, 1.82) is 0 Å². The summed E-state index contributed by atoms with van der Waals surface area (Å²) in [6.07, 6.45) is 13.1. The Bertz CT molecular complexity index is 182. The lowest BCUT2D eigenvalue weighted by Crippen LogP contribution is -2.26. The van der Waals surface area contributed by atoms with Crippen molar-refractivity contribution in [2.24, 2.45) is 0 Å². The first kappa shape index (κ1) is 19.9. The minimum absolute atomic E-state index is 0.00413. The molecule has 0 fully saturated rings. The van der Waals surface area contributed by atoms with E-state index in [4.69, 9.17) is 9.47 Å². The molecule has 2 atom stereocenters. The predicted octanol–water partition coefficient (Wildman–Crippen LogP) is 6.08. The zero-order valence-electron chi connectivity index (χ0n) is 14.6. The Morgan fingerprint density at radius 1 is 0.650 bits per heavy atom. The Balaban J connectivity index is 3.79. The summed E-state index contributed by atoms with van der Waals surface area (Å²) in [5, 5.41) is 0. The minimum Gasteiger partial charge on any atom is -0.350 e. The van der Waals surface area contributed by atoms with Crippen LogP contribution in [-0.4, -0.2) is 18.5 Å². The largest absolute Gasteiger partial charge is 0.350 e. The van der Waals surface area contributed by atoms with E-state index in [2.05, 4.69) is 34.6 Å². The van der Waals surface area contributed by atoms with Gasteiger partial charge in [0.1, 0.15) is 0 Å². The van der Waals surface area contributed by atoms with Crippen molar-refractivity contribution in [2.45, 2.75) is 117 Å². The zero-order valence-corrected chi connectivity index (χ0v) is 14.6. The topological polar surface area (TPSA) is 18.5 Å². The lowest BCUT2D eigenvalue weighted by atomic mass is 10.1. The summed E-state index contributed by atoms with van der Waals surface area (Å²) in [7, 11) is 0. The van der Waals surface area contributed by atoms with E-state index in [0.717, 1.165) is 19.3 Å². The number of hydrogen-bond acceptors (Lipinski definition) is 2. The van der Waals surface area contributed by atoms with E-state index in [1.165, 1.54) is 44.9 Å². The Morgan fingerprint density at radius 3 is 1.55 bits per heavy atom. The van der Waals surface area contributed by atoms with Crippen LogP contribution in [0.3, 0.4) is 0 Å². The third-order valence-corrected chi connectivity index (χ3v) is 3.96. The van der Waals surface area contributed by atoms with Crippen LogP contribution in [-0.2, 0) is 9.47 Å². The number of unbranched alkanes of at least 4 members (excludes halogenated alkanes) is 6. The third-order valence-electron chi connectivity index (χ3n) is 3.96. The average Bonchev–Trinajstić information content (AvgIpc) is 2.45. The van der Waals surface area contributed by atoms with E-state index in [-0.39, 0.29) is 6.29 Å². The summed E-state index contributed by atoms with van der Waals surface area (Å²) in [4.78, 5) is 0. The molecule has 0 radical (unpaired) electrons. The molecular weight excluding hydrogens is 248 g/mol. The first-order chi connectivity index (χ1) is 9.63. The molecule has 0 aromatic heterocycles. The molecule has 0 aromatic rings. The fourth-order valence-electron chi connectivity index (χ4n) is 2.15. The summed E-state index contributed by atoms with van der Waals surface area (Å²) in [6.45, 7) is 10.9. The SMILES string of the molecule is CCCCCCCCCC(OC(C)CC)OC(C)CC. The molecule has 0 heterocycles.